The summed E-state index contributed by atoms with van der Waals surface area (Å²) in [6.07, 6.45) is 2.04. The molecule has 0 fully saturated rings. The van der Waals surface area contributed by atoms with Crippen LogP contribution in [-0.4, -0.2) is 23.6 Å². The van der Waals surface area contributed by atoms with Crippen LogP contribution in [0.3, 0.4) is 0 Å². The Morgan fingerprint density at radius 3 is 2.86 bits per heavy atom. The van der Waals surface area contributed by atoms with Crippen LogP contribution >= 0.6 is 12.2 Å². The topological polar surface area (TPSA) is 91.2 Å². The maximum atomic E-state index is 11.5. The molecule has 1 aromatic carbocycles. The molecule has 0 radical (unpaired) electrons. The lowest BCUT2D eigenvalue weighted by atomic mass is 10.2. The van der Waals surface area contributed by atoms with Gasteiger partial charge >= 0.3 is 5.97 Å². The first-order valence-corrected chi connectivity index (χ1v) is 6.43. The third-order valence-corrected chi connectivity index (χ3v) is 2.35. The van der Waals surface area contributed by atoms with Gasteiger partial charge in [0.15, 0.2) is 5.11 Å². The van der Waals surface area contributed by atoms with Crippen LogP contribution in [0.2, 0.25) is 0 Å². The smallest absolute Gasteiger partial charge is 0.330 e. The quantitative estimate of drug-likeness (QED) is 0.497. The van der Waals surface area contributed by atoms with E-state index < -0.39 is 11.9 Å². The van der Waals surface area contributed by atoms with Crippen molar-refractivity contribution in [2.24, 2.45) is 0 Å². The molecule has 7 heteroatoms. The van der Waals surface area contributed by atoms with E-state index in [2.05, 4.69) is 15.4 Å². The summed E-state index contributed by atoms with van der Waals surface area (Å²) < 4.78 is 4.63. The largest absolute Gasteiger partial charge is 0.463 e. The van der Waals surface area contributed by atoms with E-state index in [1.165, 1.54) is 0 Å². The first kappa shape index (κ1) is 16.3. The predicted octanol–water partition coefficient (Wildman–Crippen LogP) is 1.49. The number of ether oxygens (including phenoxy) is 1. The molecule has 0 bridgehead atoms. The zero-order valence-electron chi connectivity index (χ0n) is 11.3. The number of nitrogens with one attached hydrogen (secondary N) is 2. The van der Waals surface area contributed by atoms with Gasteiger partial charge in [0.25, 0.3) is 0 Å². The minimum Gasteiger partial charge on any atom is -0.463 e. The van der Waals surface area contributed by atoms with Crippen LogP contribution in [0.15, 0.2) is 36.4 Å². The Bertz CT molecular complexity index is 620. The van der Waals surface area contributed by atoms with Crippen LogP contribution in [0, 0.1) is 11.3 Å². The molecular formula is C14H13N3O3S. The molecule has 1 rings (SSSR count). The first-order valence-electron chi connectivity index (χ1n) is 6.02. The number of hydrogen-bond donors (Lipinski definition) is 2. The zero-order valence-corrected chi connectivity index (χ0v) is 12.1. The van der Waals surface area contributed by atoms with Crippen molar-refractivity contribution in [1.82, 2.24) is 5.32 Å². The Morgan fingerprint density at radius 2 is 2.19 bits per heavy atom. The highest BCUT2D eigenvalue weighted by Crippen LogP contribution is 2.09. The number of rotatable bonds is 4. The van der Waals surface area contributed by atoms with Gasteiger partial charge in [-0.15, -0.1) is 0 Å². The number of anilines is 1. The Kier molecular flexibility index (Phi) is 6.57. The number of carbonyl (C=O) groups excluding carboxylic acids is 2. The van der Waals surface area contributed by atoms with Crippen molar-refractivity contribution >= 4 is 34.9 Å². The van der Waals surface area contributed by atoms with Crippen LogP contribution in [-0.2, 0) is 14.3 Å². The van der Waals surface area contributed by atoms with Crippen molar-refractivity contribution in [3.63, 3.8) is 0 Å². The lowest BCUT2D eigenvalue weighted by molar-refractivity contribution is -0.137. The van der Waals surface area contributed by atoms with Gasteiger partial charge in [0, 0.05) is 17.8 Å². The minimum atomic E-state index is -0.603. The summed E-state index contributed by atoms with van der Waals surface area (Å²) in [4.78, 5) is 22.5. The Balaban J connectivity index is 2.51. The van der Waals surface area contributed by atoms with Gasteiger partial charge in [-0.1, -0.05) is 6.07 Å². The lowest BCUT2D eigenvalue weighted by Crippen LogP contribution is -2.33. The molecule has 2 N–H and O–H groups in total. The number of nitrogens with zero attached hydrogens (tertiary/aromatic N) is 1. The highest BCUT2D eigenvalue weighted by molar-refractivity contribution is 7.80. The molecule has 0 saturated carbocycles. The fraction of sp³-hybridized carbons (Fsp3) is 0.143. The summed E-state index contributed by atoms with van der Waals surface area (Å²) in [7, 11) is 0. The second-order valence-corrected chi connectivity index (χ2v) is 4.13. The summed E-state index contributed by atoms with van der Waals surface area (Å²) >= 11 is 4.95. The summed E-state index contributed by atoms with van der Waals surface area (Å²) in [5.74, 6) is -1.16. The van der Waals surface area contributed by atoms with E-state index >= 15 is 0 Å². The molecule has 0 saturated heterocycles. The molecule has 0 atom stereocenters. The van der Waals surface area contributed by atoms with Crippen molar-refractivity contribution in [2.75, 3.05) is 11.9 Å². The highest BCUT2D eigenvalue weighted by atomic mass is 32.1. The number of esters is 1. The molecule has 0 aliphatic carbocycles. The average molecular weight is 303 g/mol. The van der Waals surface area contributed by atoms with Gasteiger partial charge in [0.05, 0.1) is 18.2 Å². The molecule has 0 unspecified atom stereocenters. The van der Waals surface area contributed by atoms with E-state index in [1.54, 1.807) is 31.2 Å². The standard InChI is InChI=1S/C14H13N3O3S/c1-2-20-13(19)7-6-12(18)17-14(21)16-11-5-3-4-10(8-11)9-15/h3-8H,2H2,1H3,(H2,16,17,18,21). The maximum absolute atomic E-state index is 11.5. The van der Waals surface area contributed by atoms with Crippen molar-refractivity contribution in [1.29, 1.82) is 5.26 Å². The first-order chi connectivity index (χ1) is 10.0. The maximum Gasteiger partial charge on any atom is 0.330 e. The van der Waals surface area contributed by atoms with Crippen LogP contribution < -0.4 is 10.6 Å². The number of carbonyl (C=O) groups is 2. The van der Waals surface area contributed by atoms with E-state index in [0.29, 0.717) is 11.3 Å². The summed E-state index contributed by atoms with van der Waals surface area (Å²) in [6.45, 7) is 1.90. The molecule has 0 aliphatic rings. The molecule has 1 amide bonds. The van der Waals surface area contributed by atoms with Crippen molar-refractivity contribution in [3.8, 4) is 6.07 Å². The normalized spacial score (nSPS) is 9.71. The van der Waals surface area contributed by atoms with Gasteiger partial charge in [0.1, 0.15) is 0 Å². The molecule has 0 heterocycles. The monoisotopic (exact) mass is 303 g/mol. The van der Waals surface area contributed by atoms with Gasteiger partial charge in [-0.25, -0.2) is 4.79 Å². The van der Waals surface area contributed by atoms with Gasteiger partial charge in [-0.3, -0.25) is 10.1 Å². The van der Waals surface area contributed by atoms with Crippen molar-refractivity contribution in [3.05, 3.63) is 42.0 Å². The number of nitriles is 1. The summed E-state index contributed by atoms with van der Waals surface area (Å²) in [5.41, 5.74) is 1.05. The van der Waals surface area contributed by atoms with E-state index in [9.17, 15) is 9.59 Å². The molecule has 0 aromatic heterocycles. The average Bonchev–Trinajstić information content (AvgIpc) is 2.45. The number of benzene rings is 1. The Morgan fingerprint density at radius 1 is 1.43 bits per heavy atom. The van der Waals surface area contributed by atoms with E-state index in [0.717, 1.165) is 12.2 Å². The van der Waals surface area contributed by atoms with E-state index in [1.807, 2.05) is 6.07 Å². The van der Waals surface area contributed by atoms with Crippen LogP contribution in [0.25, 0.3) is 0 Å². The predicted molar refractivity (Wildman–Crippen MR) is 81.3 cm³/mol. The van der Waals surface area contributed by atoms with Crippen LogP contribution in [0.5, 0.6) is 0 Å². The number of thiocarbonyl (C=S) groups is 1. The van der Waals surface area contributed by atoms with Gasteiger partial charge in [-0.05, 0) is 37.3 Å². The van der Waals surface area contributed by atoms with Crippen molar-refractivity contribution < 1.29 is 14.3 Å². The van der Waals surface area contributed by atoms with Gasteiger partial charge < -0.3 is 10.1 Å². The number of amides is 1. The summed E-state index contributed by atoms with van der Waals surface area (Å²) in [5, 5.41) is 14.0. The third kappa shape index (κ3) is 6.31. The minimum absolute atomic E-state index is 0.0589. The van der Waals surface area contributed by atoms with Crippen LogP contribution in [0.1, 0.15) is 12.5 Å². The van der Waals surface area contributed by atoms with Gasteiger partial charge in [0.2, 0.25) is 5.91 Å². The Hall–Kier alpha value is -2.72. The second kappa shape index (κ2) is 8.45. The lowest BCUT2D eigenvalue weighted by Gasteiger charge is -2.08. The highest BCUT2D eigenvalue weighted by Gasteiger charge is 2.03. The van der Waals surface area contributed by atoms with E-state index in [-0.39, 0.29) is 11.7 Å². The second-order valence-electron chi connectivity index (χ2n) is 3.72. The molecule has 1 aromatic rings. The third-order valence-electron chi connectivity index (χ3n) is 2.14. The van der Waals surface area contributed by atoms with Crippen LogP contribution in [0.4, 0.5) is 5.69 Å². The van der Waals surface area contributed by atoms with E-state index in [4.69, 9.17) is 17.5 Å². The molecular weight excluding hydrogens is 290 g/mol. The fourth-order valence-corrected chi connectivity index (χ4v) is 1.53. The molecule has 0 spiro atoms. The Labute approximate surface area is 127 Å². The zero-order chi connectivity index (χ0) is 15.7. The molecule has 6 nitrogen and oxygen atoms in total. The molecule has 21 heavy (non-hydrogen) atoms. The summed E-state index contributed by atoms with van der Waals surface area (Å²) in [6, 6.07) is 8.62. The fourth-order valence-electron chi connectivity index (χ4n) is 1.32. The van der Waals surface area contributed by atoms with Crippen molar-refractivity contribution in [2.45, 2.75) is 6.92 Å². The number of hydrogen-bond acceptors (Lipinski definition) is 5. The molecule has 0 aliphatic heterocycles. The van der Waals surface area contributed by atoms with Gasteiger partial charge in [-0.2, -0.15) is 5.26 Å². The SMILES string of the molecule is CCOC(=O)C=CC(=O)NC(=S)Nc1cccc(C#N)c1. The molecule has 108 valence electrons.